The molecule has 1 atom stereocenters. The standard InChI is InChI=1S/C20H26N4O/c1-16-15-25-20-18(14-24(16)13-17-5-3-2-4-6-17)7-8-19(22-20)23-11-9-21-10-12-23/h2-8,16,21H,9-15H2,1H3. The first kappa shape index (κ1) is 16.4. The number of pyridine rings is 1. The van der Waals surface area contributed by atoms with Crippen molar-refractivity contribution in [2.24, 2.45) is 0 Å². The summed E-state index contributed by atoms with van der Waals surface area (Å²) in [6, 6.07) is 15.3. The number of nitrogens with zero attached hydrogens (tertiary/aromatic N) is 3. The molecule has 1 saturated heterocycles. The molecule has 0 radical (unpaired) electrons. The van der Waals surface area contributed by atoms with Gasteiger partial charge in [-0.25, -0.2) is 0 Å². The summed E-state index contributed by atoms with van der Waals surface area (Å²) in [7, 11) is 0. The van der Waals surface area contributed by atoms with Crippen molar-refractivity contribution in [2.45, 2.75) is 26.1 Å². The number of nitrogens with one attached hydrogen (secondary N) is 1. The van der Waals surface area contributed by atoms with Gasteiger partial charge in [0.2, 0.25) is 5.88 Å². The molecule has 0 bridgehead atoms. The van der Waals surface area contributed by atoms with Crippen LogP contribution in [0.3, 0.4) is 0 Å². The minimum absolute atomic E-state index is 0.358. The molecule has 5 heteroatoms. The predicted octanol–water partition coefficient (Wildman–Crippen LogP) is 2.27. The second kappa shape index (κ2) is 7.42. The zero-order chi connectivity index (χ0) is 17.1. The van der Waals surface area contributed by atoms with Gasteiger partial charge in [-0.2, -0.15) is 4.98 Å². The molecule has 2 aliphatic heterocycles. The van der Waals surface area contributed by atoms with Gasteiger partial charge in [0.1, 0.15) is 12.4 Å². The van der Waals surface area contributed by atoms with Crippen LogP contribution in [0.25, 0.3) is 0 Å². The van der Waals surface area contributed by atoms with Crippen LogP contribution in [-0.4, -0.2) is 48.7 Å². The summed E-state index contributed by atoms with van der Waals surface area (Å²) in [6.07, 6.45) is 0. The van der Waals surface area contributed by atoms with E-state index >= 15 is 0 Å². The van der Waals surface area contributed by atoms with Crippen LogP contribution >= 0.6 is 0 Å². The Bertz CT molecular complexity index is 700. The molecule has 3 heterocycles. The van der Waals surface area contributed by atoms with Crippen molar-refractivity contribution >= 4 is 5.82 Å². The molecule has 0 aliphatic carbocycles. The van der Waals surface area contributed by atoms with Gasteiger partial charge in [0.05, 0.1) is 0 Å². The fraction of sp³-hybridized carbons (Fsp3) is 0.450. The lowest BCUT2D eigenvalue weighted by Crippen LogP contribution is -2.43. The molecule has 2 aromatic rings. The molecule has 1 N–H and O–H groups in total. The highest BCUT2D eigenvalue weighted by Gasteiger charge is 2.23. The van der Waals surface area contributed by atoms with Crippen LogP contribution in [0.2, 0.25) is 0 Å². The second-order valence-electron chi connectivity index (χ2n) is 6.92. The third-order valence-corrected chi connectivity index (χ3v) is 5.05. The van der Waals surface area contributed by atoms with E-state index in [1.54, 1.807) is 0 Å². The lowest BCUT2D eigenvalue weighted by molar-refractivity contribution is 0.150. The molecule has 5 nitrogen and oxygen atoms in total. The van der Waals surface area contributed by atoms with Crippen molar-refractivity contribution in [1.29, 1.82) is 0 Å². The van der Waals surface area contributed by atoms with Crippen LogP contribution in [-0.2, 0) is 13.1 Å². The number of fused-ring (bicyclic) bond motifs is 1. The van der Waals surface area contributed by atoms with E-state index in [-0.39, 0.29) is 0 Å². The van der Waals surface area contributed by atoms with Crippen molar-refractivity contribution < 1.29 is 4.74 Å². The molecular formula is C20H26N4O. The Morgan fingerprint density at radius 2 is 1.92 bits per heavy atom. The van der Waals surface area contributed by atoms with Crippen molar-refractivity contribution in [2.75, 3.05) is 37.7 Å². The molecule has 25 heavy (non-hydrogen) atoms. The highest BCUT2D eigenvalue weighted by molar-refractivity contribution is 5.45. The minimum Gasteiger partial charge on any atom is -0.476 e. The summed E-state index contributed by atoms with van der Waals surface area (Å²) in [6.45, 7) is 8.75. The number of ether oxygens (including phenoxy) is 1. The third-order valence-electron chi connectivity index (χ3n) is 5.05. The maximum Gasteiger partial charge on any atom is 0.219 e. The summed E-state index contributed by atoms with van der Waals surface area (Å²) >= 11 is 0. The molecule has 132 valence electrons. The van der Waals surface area contributed by atoms with Gasteiger partial charge in [-0.3, -0.25) is 4.90 Å². The number of rotatable bonds is 3. The zero-order valence-corrected chi connectivity index (χ0v) is 14.8. The molecule has 2 aliphatic rings. The third kappa shape index (κ3) is 3.78. The molecule has 0 spiro atoms. The van der Waals surface area contributed by atoms with Crippen LogP contribution in [0.1, 0.15) is 18.1 Å². The van der Waals surface area contributed by atoms with Crippen molar-refractivity contribution in [3.63, 3.8) is 0 Å². The number of benzene rings is 1. The average molecular weight is 338 g/mol. The lowest BCUT2D eigenvalue weighted by atomic mass is 10.1. The molecule has 1 aromatic heterocycles. The van der Waals surface area contributed by atoms with E-state index in [4.69, 9.17) is 9.72 Å². The number of aromatic nitrogens is 1. The lowest BCUT2D eigenvalue weighted by Gasteiger charge is -2.28. The summed E-state index contributed by atoms with van der Waals surface area (Å²) in [5, 5.41) is 3.38. The predicted molar refractivity (Wildman–Crippen MR) is 100.0 cm³/mol. The fourth-order valence-corrected chi connectivity index (χ4v) is 3.48. The Kier molecular flexibility index (Phi) is 4.85. The Balaban J connectivity index is 1.53. The fourth-order valence-electron chi connectivity index (χ4n) is 3.48. The first-order valence-electron chi connectivity index (χ1n) is 9.16. The van der Waals surface area contributed by atoms with Gasteiger partial charge in [-0.1, -0.05) is 30.3 Å². The first-order chi connectivity index (χ1) is 12.3. The molecular weight excluding hydrogens is 312 g/mol. The number of anilines is 1. The highest BCUT2D eigenvalue weighted by Crippen LogP contribution is 2.27. The van der Waals surface area contributed by atoms with Crippen LogP contribution < -0.4 is 15.0 Å². The Morgan fingerprint density at radius 1 is 1.12 bits per heavy atom. The molecule has 0 saturated carbocycles. The smallest absolute Gasteiger partial charge is 0.219 e. The molecule has 1 aromatic carbocycles. The Hall–Kier alpha value is -2.11. The molecule has 1 fully saturated rings. The van der Waals surface area contributed by atoms with Crippen molar-refractivity contribution in [1.82, 2.24) is 15.2 Å². The van der Waals surface area contributed by atoms with E-state index in [9.17, 15) is 0 Å². The van der Waals surface area contributed by atoms with Gasteiger partial charge in [-0.05, 0) is 24.6 Å². The monoisotopic (exact) mass is 338 g/mol. The van der Waals surface area contributed by atoms with E-state index in [0.29, 0.717) is 12.6 Å². The highest BCUT2D eigenvalue weighted by atomic mass is 16.5. The van der Waals surface area contributed by atoms with Crippen molar-refractivity contribution in [3.8, 4) is 5.88 Å². The molecule has 1 unspecified atom stereocenters. The minimum atomic E-state index is 0.358. The first-order valence-corrected chi connectivity index (χ1v) is 9.16. The van der Waals surface area contributed by atoms with E-state index in [1.807, 2.05) is 0 Å². The van der Waals surface area contributed by atoms with Gasteiger partial charge in [0.15, 0.2) is 0 Å². The maximum atomic E-state index is 6.07. The topological polar surface area (TPSA) is 40.6 Å². The SMILES string of the molecule is CC1COc2nc(N3CCNCC3)ccc2CN1Cc1ccccc1. The maximum absolute atomic E-state index is 6.07. The quantitative estimate of drug-likeness (QED) is 0.930. The van der Waals surface area contributed by atoms with Crippen LogP contribution in [0.4, 0.5) is 5.82 Å². The summed E-state index contributed by atoms with van der Waals surface area (Å²) < 4.78 is 6.07. The Labute approximate surface area is 149 Å². The van der Waals surface area contributed by atoms with Crippen LogP contribution in [0.15, 0.2) is 42.5 Å². The summed E-state index contributed by atoms with van der Waals surface area (Å²) in [5.74, 6) is 1.84. The number of hydrogen-bond acceptors (Lipinski definition) is 5. The van der Waals surface area contributed by atoms with Crippen molar-refractivity contribution in [3.05, 3.63) is 53.6 Å². The van der Waals surface area contributed by atoms with Gasteiger partial charge < -0.3 is 15.0 Å². The van der Waals surface area contributed by atoms with Gasteiger partial charge in [0.25, 0.3) is 0 Å². The van der Waals surface area contributed by atoms with E-state index in [1.165, 1.54) is 11.1 Å². The van der Waals surface area contributed by atoms with Gasteiger partial charge in [-0.15, -0.1) is 0 Å². The van der Waals surface area contributed by atoms with Gasteiger partial charge in [0, 0.05) is 50.9 Å². The van der Waals surface area contributed by atoms with Crippen LogP contribution in [0.5, 0.6) is 5.88 Å². The Morgan fingerprint density at radius 3 is 2.72 bits per heavy atom. The zero-order valence-electron chi connectivity index (χ0n) is 14.8. The van der Waals surface area contributed by atoms with E-state index in [2.05, 4.69) is 64.5 Å². The largest absolute Gasteiger partial charge is 0.476 e. The van der Waals surface area contributed by atoms with Crippen LogP contribution in [0, 0.1) is 0 Å². The average Bonchev–Trinajstić information content (AvgIpc) is 2.82. The number of hydrogen-bond donors (Lipinski definition) is 1. The van der Waals surface area contributed by atoms with E-state index < -0.39 is 0 Å². The summed E-state index contributed by atoms with van der Waals surface area (Å²) in [5.41, 5.74) is 2.52. The number of piperazine rings is 1. The van der Waals surface area contributed by atoms with Gasteiger partial charge >= 0.3 is 0 Å². The van der Waals surface area contributed by atoms with E-state index in [0.717, 1.165) is 51.0 Å². The second-order valence-corrected chi connectivity index (χ2v) is 6.92. The normalized spacial score (nSPS) is 21.3. The molecule has 0 amide bonds. The summed E-state index contributed by atoms with van der Waals surface area (Å²) in [4.78, 5) is 9.62. The molecule has 4 rings (SSSR count).